The van der Waals surface area contributed by atoms with Gasteiger partial charge in [0.05, 0.1) is 13.2 Å². The van der Waals surface area contributed by atoms with Crippen LogP contribution in [-0.4, -0.2) is 59.6 Å². The van der Waals surface area contributed by atoms with Gasteiger partial charge in [-0.3, -0.25) is 9.69 Å². The third kappa shape index (κ3) is 3.93. The Morgan fingerprint density at radius 3 is 2.53 bits per heavy atom. The van der Waals surface area contributed by atoms with Gasteiger partial charge in [-0.1, -0.05) is 20.3 Å². The predicted molar refractivity (Wildman–Crippen MR) is 75.8 cm³/mol. The van der Waals surface area contributed by atoms with Crippen LogP contribution in [0.1, 0.15) is 39.5 Å². The van der Waals surface area contributed by atoms with Crippen LogP contribution in [0.3, 0.4) is 0 Å². The third-order valence-corrected chi connectivity index (χ3v) is 4.52. The molecule has 2 aliphatic heterocycles. The minimum absolute atomic E-state index is 0.181. The molecule has 0 radical (unpaired) electrons. The lowest BCUT2D eigenvalue weighted by Crippen LogP contribution is -2.50. The van der Waals surface area contributed by atoms with Crippen LogP contribution in [-0.2, 0) is 4.79 Å². The number of aliphatic hydroxyl groups is 1. The van der Waals surface area contributed by atoms with Gasteiger partial charge >= 0.3 is 0 Å². The molecule has 2 aliphatic rings. The minimum atomic E-state index is 0.181. The van der Waals surface area contributed by atoms with Gasteiger partial charge in [-0.15, -0.1) is 0 Å². The molecule has 19 heavy (non-hydrogen) atoms. The van der Waals surface area contributed by atoms with Crippen LogP contribution in [0.4, 0.5) is 0 Å². The summed E-state index contributed by atoms with van der Waals surface area (Å²) in [5, 5.41) is 9.40. The number of carbonyl (C=O) groups excluding carboxylic acids is 1. The first kappa shape index (κ1) is 14.8. The molecule has 0 aromatic carbocycles. The van der Waals surface area contributed by atoms with Crippen LogP contribution >= 0.6 is 0 Å². The lowest BCUT2D eigenvalue weighted by atomic mass is 9.92. The van der Waals surface area contributed by atoms with E-state index in [2.05, 4.69) is 18.7 Å². The summed E-state index contributed by atoms with van der Waals surface area (Å²) in [7, 11) is 0. The van der Waals surface area contributed by atoms with Crippen molar-refractivity contribution in [2.45, 2.75) is 45.6 Å². The zero-order valence-electron chi connectivity index (χ0n) is 12.3. The Hall–Kier alpha value is -0.610. The highest BCUT2D eigenvalue weighted by molar-refractivity contribution is 5.78. The van der Waals surface area contributed by atoms with Crippen molar-refractivity contribution in [3.63, 3.8) is 0 Å². The third-order valence-electron chi connectivity index (χ3n) is 4.52. The summed E-state index contributed by atoms with van der Waals surface area (Å²) >= 11 is 0. The van der Waals surface area contributed by atoms with Gasteiger partial charge in [-0.25, -0.2) is 0 Å². The number of likely N-dealkylation sites (tertiary alicyclic amines) is 2. The van der Waals surface area contributed by atoms with Gasteiger partial charge in [0.1, 0.15) is 0 Å². The van der Waals surface area contributed by atoms with E-state index in [1.165, 1.54) is 12.8 Å². The van der Waals surface area contributed by atoms with Crippen molar-refractivity contribution in [1.82, 2.24) is 9.80 Å². The molecular formula is C15H28N2O2. The molecule has 2 unspecified atom stereocenters. The fraction of sp³-hybridized carbons (Fsp3) is 0.933. The number of aliphatic hydroxyl groups excluding tert-OH is 1. The summed E-state index contributed by atoms with van der Waals surface area (Å²) in [6.07, 6.45) is 4.58. The molecule has 0 aromatic heterocycles. The number of rotatable bonds is 3. The van der Waals surface area contributed by atoms with E-state index in [4.69, 9.17) is 0 Å². The highest BCUT2D eigenvalue weighted by Gasteiger charge is 2.29. The van der Waals surface area contributed by atoms with E-state index in [0.717, 1.165) is 32.5 Å². The molecule has 2 heterocycles. The summed E-state index contributed by atoms with van der Waals surface area (Å²) in [6, 6.07) is 0.192. The van der Waals surface area contributed by atoms with Crippen molar-refractivity contribution in [2.75, 3.05) is 32.8 Å². The van der Waals surface area contributed by atoms with Crippen molar-refractivity contribution in [2.24, 2.45) is 11.8 Å². The van der Waals surface area contributed by atoms with Crippen LogP contribution < -0.4 is 0 Å². The SMILES string of the molecule is CC1CC(C)CN(C(=O)CN2CCCC[C@@H]2CO)C1. The van der Waals surface area contributed by atoms with E-state index in [9.17, 15) is 9.90 Å². The molecule has 0 spiro atoms. The second-order valence-corrected chi connectivity index (χ2v) is 6.55. The first-order valence-corrected chi connectivity index (χ1v) is 7.72. The van der Waals surface area contributed by atoms with Crippen molar-refractivity contribution in [3.05, 3.63) is 0 Å². The van der Waals surface area contributed by atoms with Gasteiger partial charge in [0, 0.05) is 19.1 Å². The van der Waals surface area contributed by atoms with Crippen LogP contribution in [0, 0.1) is 11.8 Å². The zero-order chi connectivity index (χ0) is 13.8. The van der Waals surface area contributed by atoms with Crippen LogP contribution in [0.2, 0.25) is 0 Å². The number of nitrogens with zero attached hydrogens (tertiary/aromatic N) is 2. The molecule has 0 bridgehead atoms. The van der Waals surface area contributed by atoms with Crippen molar-refractivity contribution in [3.8, 4) is 0 Å². The molecule has 110 valence electrons. The molecule has 0 saturated carbocycles. The van der Waals surface area contributed by atoms with E-state index >= 15 is 0 Å². The molecule has 4 nitrogen and oxygen atoms in total. The molecule has 0 aromatic rings. The second kappa shape index (κ2) is 6.71. The van der Waals surface area contributed by atoms with Gasteiger partial charge < -0.3 is 10.0 Å². The van der Waals surface area contributed by atoms with Crippen molar-refractivity contribution in [1.29, 1.82) is 0 Å². The number of carbonyl (C=O) groups is 1. The Balaban J connectivity index is 1.88. The first-order chi connectivity index (χ1) is 9.10. The standard InChI is InChI=1S/C15H28N2O2/c1-12-7-13(2)9-17(8-12)15(19)10-16-6-4-3-5-14(16)11-18/h12-14,18H,3-11H2,1-2H3/t12?,13?,14-/m1/s1. The number of hydrogen-bond acceptors (Lipinski definition) is 3. The fourth-order valence-electron chi connectivity index (χ4n) is 3.62. The Morgan fingerprint density at radius 2 is 1.89 bits per heavy atom. The van der Waals surface area contributed by atoms with E-state index in [1.807, 2.05) is 4.90 Å². The van der Waals surface area contributed by atoms with Gasteiger partial charge in [0.15, 0.2) is 0 Å². The van der Waals surface area contributed by atoms with E-state index < -0.39 is 0 Å². The monoisotopic (exact) mass is 268 g/mol. The molecule has 0 aliphatic carbocycles. The van der Waals surface area contributed by atoms with Crippen LogP contribution in [0.25, 0.3) is 0 Å². The molecule has 2 rings (SSSR count). The van der Waals surface area contributed by atoms with E-state index in [0.29, 0.717) is 18.4 Å². The smallest absolute Gasteiger partial charge is 0.236 e. The van der Waals surface area contributed by atoms with E-state index in [-0.39, 0.29) is 18.6 Å². The second-order valence-electron chi connectivity index (χ2n) is 6.55. The highest BCUT2D eigenvalue weighted by Crippen LogP contribution is 2.22. The lowest BCUT2D eigenvalue weighted by molar-refractivity contribution is -0.136. The van der Waals surface area contributed by atoms with Crippen LogP contribution in [0.15, 0.2) is 0 Å². The topological polar surface area (TPSA) is 43.8 Å². The average molecular weight is 268 g/mol. The summed E-state index contributed by atoms with van der Waals surface area (Å²) in [5.74, 6) is 1.48. The van der Waals surface area contributed by atoms with E-state index in [1.54, 1.807) is 0 Å². The molecular weight excluding hydrogens is 240 g/mol. The van der Waals surface area contributed by atoms with Gasteiger partial charge in [-0.05, 0) is 37.6 Å². The maximum Gasteiger partial charge on any atom is 0.236 e. The summed E-state index contributed by atoms with van der Waals surface area (Å²) in [5.41, 5.74) is 0. The molecule has 3 atom stereocenters. The van der Waals surface area contributed by atoms with Gasteiger partial charge in [0.25, 0.3) is 0 Å². The number of piperidine rings is 2. The number of hydrogen-bond donors (Lipinski definition) is 1. The molecule has 4 heteroatoms. The summed E-state index contributed by atoms with van der Waals surface area (Å²) in [6.45, 7) is 7.89. The quantitative estimate of drug-likeness (QED) is 0.840. The summed E-state index contributed by atoms with van der Waals surface area (Å²) in [4.78, 5) is 16.6. The fourth-order valence-corrected chi connectivity index (χ4v) is 3.62. The Bertz CT molecular complexity index is 299. The Kier molecular flexibility index (Phi) is 5.22. The lowest BCUT2D eigenvalue weighted by Gasteiger charge is -2.39. The van der Waals surface area contributed by atoms with Crippen molar-refractivity contribution < 1.29 is 9.90 Å². The normalized spacial score (nSPS) is 33.4. The molecule has 2 fully saturated rings. The van der Waals surface area contributed by atoms with Gasteiger partial charge in [0.2, 0.25) is 5.91 Å². The summed E-state index contributed by atoms with van der Waals surface area (Å²) < 4.78 is 0. The minimum Gasteiger partial charge on any atom is -0.395 e. The molecule has 1 amide bonds. The first-order valence-electron chi connectivity index (χ1n) is 7.72. The van der Waals surface area contributed by atoms with Crippen molar-refractivity contribution >= 4 is 5.91 Å². The highest BCUT2D eigenvalue weighted by atomic mass is 16.3. The Morgan fingerprint density at radius 1 is 1.21 bits per heavy atom. The molecule has 1 N–H and O–H groups in total. The van der Waals surface area contributed by atoms with Crippen LogP contribution in [0.5, 0.6) is 0 Å². The zero-order valence-corrected chi connectivity index (χ0v) is 12.3. The molecule has 2 saturated heterocycles. The average Bonchev–Trinajstić information content (AvgIpc) is 2.38. The van der Waals surface area contributed by atoms with Gasteiger partial charge in [-0.2, -0.15) is 0 Å². The maximum atomic E-state index is 12.4. The largest absolute Gasteiger partial charge is 0.395 e. The number of amides is 1. The maximum absolute atomic E-state index is 12.4. The Labute approximate surface area is 116 Å². The predicted octanol–water partition coefficient (Wildman–Crippen LogP) is 1.34.